The van der Waals surface area contributed by atoms with Crippen molar-refractivity contribution in [2.75, 3.05) is 0 Å². The Morgan fingerprint density at radius 1 is 1.04 bits per heavy atom. The van der Waals surface area contributed by atoms with Crippen LogP contribution in [0.25, 0.3) is 16.6 Å². The van der Waals surface area contributed by atoms with E-state index in [1.807, 2.05) is 19.1 Å². The van der Waals surface area contributed by atoms with Crippen LogP contribution in [-0.4, -0.2) is 15.0 Å². The molecule has 0 unspecified atom stereocenters. The molecule has 6 heteroatoms. The zero-order valence-corrected chi connectivity index (χ0v) is 12.5. The van der Waals surface area contributed by atoms with Gasteiger partial charge in [0, 0.05) is 0 Å². The standard InChI is InChI=1S/C17H15N3O3/c1-11-6-8-12(9-7-11)20-16(22)13-4-2-3-5-14(13)19(17(20)23)10-15(18)21/h2-9H,10H2,1H3,(H2,18,21). The van der Waals surface area contributed by atoms with Gasteiger partial charge in [-0.1, -0.05) is 29.8 Å². The highest BCUT2D eigenvalue weighted by atomic mass is 16.2. The molecule has 0 aliphatic carbocycles. The molecule has 0 saturated heterocycles. The maximum Gasteiger partial charge on any atom is 0.336 e. The lowest BCUT2D eigenvalue weighted by molar-refractivity contribution is -0.118. The number of carbonyl (C=O) groups excluding carboxylic acids is 1. The predicted octanol–water partition coefficient (Wildman–Crippen LogP) is 0.946. The summed E-state index contributed by atoms with van der Waals surface area (Å²) in [6.07, 6.45) is 0. The molecule has 1 amide bonds. The lowest BCUT2D eigenvalue weighted by Gasteiger charge is -2.13. The second-order valence-corrected chi connectivity index (χ2v) is 5.33. The van der Waals surface area contributed by atoms with Crippen LogP contribution in [0.15, 0.2) is 58.1 Å². The molecule has 0 radical (unpaired) electrons. The normalized spacial score (nSPS) is 10.8. The van der Waals surface area contributed by atoms with E-state index in [9.17, 15) is 14.4 Å². The lowest BCUT2D eigenvalue weighted by atomic mass is 10.2. The largest absolute Gasteiger partial charge is 0.368 e. The summed E-state index contributed by atoms with van der Waals surface area (Å²) in [5.41, 5.74) is 6.10. The Balaban J connectivity index is 2.43. The highest BCUT2D eigenvalue weighted by Gasteiger charge is 2.15. The van der Waals surface area contributed by atoms with Crippen LogP contribution in [0.3, 0.4) is 0 Å². The van der Waals surface area contributed by atoms with Crippen molar-refractivity contribution >= 4 is 16.8 Å². The summed E-state index contributed by atoms with van der Waals surface area (Å²) in [4.78, 5) is 36.8. The fourth-order valence-electron chi connectivity index (χ4n) is 2.55. The van der Waals surface area contributed by atoms with E-state index in [-0.39, 0.29) is 6.54 Å². The number of benzene rings is 2. The topological polar surface area (TPSA) is 87.1 Å². The molecule has 116 valence electrons. The van der Waals surface area contributed by atoms with E-state index in [4.69, 9.17) is 5.73 Å². The van der Waals surface area contributed by atoms with Gasteiger partial charge in [-0.3, -0.25) is 14.2 Å². The summed E-state index contributed by atoms with van der Waals surface area (Å²) in [5.74, 6) is -0.647. The third-order valence-electron chi connectivity index (χ3n) is 3.66. The Hall–Kier alpha value is -3.15. The first kappa shape index (κ1) is 14.8. The van der Waals surface area contributed by atoms with E-state index in [1.165, 1.54) is 4.57 Å². The third-order valence-corrected chi connectivity index (χ3v) is 3.66. The fourth-order valence-corrected chi connectivity index (χ4v) is 2.55. The molecule has 2 aromatic carbocycles. The monoisotopic (exact) mass is 309 g/mol. The fraction of sp³-hybridized carbons (Fsp3) is 0.118. The summed E-state index contributed by atoms with van der Waals surface area (Å²) < 4.78 is 2.28. The van der Waals surface area contributed by atoms with E-state index in [0.717, 1.165) is 10.1 Å². The summed E-state index contributed by atoms with van der Waals surface area (Å²) in [6.45, 7) is 1.63. The third kappa shape index (κ3) is 2.55. The number of hydrogen-bond acceptors (Lipinski definition) is 3. The minimum absolute atomic E-state index is 0.286. The number of nitrogens with two attached hydrogens (primary N) is 1. The zero-order valence-electron chi connectivity index (χ0n) is 12.5. The number of hydrogen-bond donors (Lipinski definition) is 1. The van der Waals surface area contributed by atoms with Crippen LogP contribution in [0, 0.1) is 6.92 Å². The molecule has 1 aromatic heterocycles. The molecule has 3 aromatic rings. The van der Waals surface area contributed by atoms with Gasteiger partial charge in [0.2, 0.25) is 5.91 Å². The second kappa shape index (κ2) is 5.57. The molecule has 1 heterocycles. The molecule has 23 heavy (non-hydrogen) atoms. The number of para-hydroxylation sites is 1. The number of fused-ring (bicyclic) bond motifs is 1. The summed E-state index contributed by atoms with van der Waals surface area (Å²) in [7, 11) is 0. The van der Waals surface area contributed by atoms with Crippen molar-refractivity contribution in [3.63, 3.8) is 0 Å². The zero-order chi connectivity index (χ0) is 16.6. The van der Waals surface area contributed by atoms with Gasteiger partial charge >= 0.3 is 5.69 Å². The quantitative estimate of drug-likeness (QED) is 0.781. The summed E-state index contributed by atoms with van der Waals surface area (Å²) in [5, 5.41) is 0.355. The van der Waals surface area contributed by atoms with Gasteiger partial charge in [0.25, 0.3) is 5.56 Å². The van der Waals surface area contributed by atoms with Crippen LogP contribution < -0.4 is 17.0 Å². The molecule has 2 N–H and O–H groups in total. The van der Waals surface area contributed by atoms with Crippen LogP contribution in [0.1, 0.15) is 5.56 Å². The smallest absolute Gasteiger partial charge is 0.336 e. The number of rotatable bonds is 3. The highest BCUT2D eigenvalue weighted by molar-refractivity contribution is 5.81. The van der Waals surface area contributed by atoms with Crippen LogP contribution in [0.5, 0.6) is 0 Å². The second-order valence-electron chi connectivity index (χ2n) is 5.33. The van der Waals surface area contributed by atoms with Crippen molar-refractivity contribution in [1.29, 1.82) is 0 Å². The average molecular weight is 309 g/mol. The van der Waals surface area contributed by atoms with Gasteiger partial charge in [-0.15, -0.1) is 0 Å². The number of carbonyl (C=O) groups is 1. The highest BCUT2D eigenvalue weighted by Crippen LogP contribution is 2.10. The predicted molar refractivity (Wildman–Crippen MR) is 87.7 cm³/mol. The van der Waals surface area contributed by atoms with Gasteiger partial charge in [0.1, 0.15) is 6.54 Å². The minimum atomic E-state index is -0.647. The van der Waals surface area contributed by atoms with Crippen molar-refractivity contribution in [2.45, 2.75) is 13.5 Å². The van der Waals surface area contributed by atoms with Crippen molar-refractivity contribution in [3.8, 4) is 5.69 Å². The first-order valence-corrected chi connectivity index (χ1v) is 7.09. The Labute approximate surface area is 131 Å². The minimum Gasteiger partial charge on any atom is -0.368 e. The number of primary amides is 1. The first-order valence-electron chi connectivity index (χ1n) is 7.09. The van der Waals surface area contributed by atoms with E-state index >= 15 is 0 Å². The molecular formula is C17H15N3O3. The molecule has 0 bridgehead atoms. The van der Waals surface area contributed by atoms with Crippen LogP contribution in [-0.2, 0) is 11.3 Å². The number of aromatic nitrogens is 2. The first-order chi connectivity index (χ1) is 11.0. The van der Waals surface area contributed by atoms with Crippen molar-refractivity contribution in [1.82, 2.24) is 9.13 Å². The number of amides is 1. The van der Waals surface area contributed by atoms with E-state index in [1.54, 1.807) is 36.4 Å². The van der Waals surface area contributed by atoms with Crippen molar-refractivity contribution < 1.29 is 4.79 Å². The molecule has 0 fully saturated rings. The molecule has 0 saturated carbocycles. The lowest BCUT2D eigenvalue weighted by Crippen LogP contribution is -2.41. The number of aryl methyl sites for hydroxylation is 1. The van der Waals surface area contributed by atoms with Gasteiger partial charge < -0.3 is 5.73 Å². The SMILES string of the molecule is Cc1ccc(-n2c(=O)c3ccccc3n(CC(N)=O)c2=O)cc1. The van der Waals surface area contributed by atoms with Crippen LogP contribution in [0.4, 0.5) is 0 Å². The molecular weight excluding hydrogens is 294 g/mol. The molecule has 0 spiro atoms. The van der Waals surface area contributed by atoms with Crippen LogP contribution >= 0.6 is 0 Å². The maximum atomic E-state index is 12.7. The Morgan fingerprint density at radius 3 is 2.35 bits per heavy atom. The van der Waals surface area contributed by atoms with E-state index in [0.29, 0.717) is 16.6 Å². The van der Waals surface area contributed by atoms with Gasteiger partial charge in [0.15, 0.2) is 0 Å². The van der Waals surface area contributed by atoms with Crippen molar-refractivity contribution in [3.05, 3.63) is 74.9 Å². The van der Waals surface area contributed by atoms with Gasteiger partial charge in [0.05, 0.1) is 16.6 Å². The Kier molecular flexibility index (Phi) is 3.57. The Morgan fingerprint density at radius 2 is 1.70 bits per heavy atom. The summed E-state index contributed by atoms with van der Waals surface area (Å²) in [6, 6.07) is 13.7. The van der Waals surface area contributed by atoms with E-state index < -0.39 is 17.2 Å². The number of nitrogens with zero attached hydrogens (tertiary/aromatic N) is 2. The molecule has 0 aliphatic heterocycles. The van der Waals surface area contributed by atoms with Gasteiger partial charge in [-0.05, 0) is 31.2 Å². The molecule has 6 nitrogen and oxygen atoms in total. The van der Waals surface area contributed by atoms with Gasteiger partial charge in [-0.2, -0.15) is 0 Å². The van der Waals surface area contributed by atoms with Crippen molar-refractivity contribution in [2.24, 2.45) is 5.73 Å². The maximum absolute atomic E-state index is 12.7. The van der Waals surface area contributed by atoms with Gasteiger partial charge in [-0.25, -0.2) is 9.36 Å². The average Bonchev–Trinajstić information content (AvgIpc) is 2.53. The van der Waals surface area contributed by atoms with Crippen LogP contribution in [0.2, 0.25) is 0 Å². The molecule has 0 aliphatic rings. The Bertz CT molecular complexity index is 1010. The summed E-state index contributed by atoms with van der Waals surface area (Å²) >= 11 is 0. The molecule has 0 atom stereocenters. The van der Waals surface area contributed by atoms with E-state index in [2.05, 4.69) is 0 Å². The molecule has 3 rings (SSSR count).